The van der Waals surface area contributed by atoms with E-state index in [0.717, 1.165) is 18.8 Å². The summed E-state index contributed by atoms with van der Waals surface area (Å²) in [6.07, 6.45) is 2.52. The zero-order valence-electron chi connectivity index (χ0n) is 11.1. The first-order valence-corrected chi connectivity index (χ1v) is 7.66. The maximum absolute atomic E-state index is 11.0. The van der Waals surface area contributed by atoms with Crippen molar-refractivity contribution in [1.29, 1.82) is 0 Å². The normalized spacial score (nSPS) is 14.6. The van der Waals surface area contributed by atoms with E-state index in [0.29, 0.717) is 18.9 Å². The Hall–Kier alpha value is -0.860. The molecular formula is C10H21N5O2S. The van der Waals surface area contributed by atoms with Gasteiger partial charge in [-0.2, -0.15) is 0 Å². The van der Waals surface area contributed by atoms with E-state index in [9.17, 15) is 4.21 Å². The van der Waals surface area contributed by atoms with Crippen LogP contribution in [-0.2, 0) is 22.1 Å². The molecule has 1 heterocycles. The van der Waals surface area contributed by atoms with Crippen LogP contribution in [0.3, 0.4) is 0 Å². The smallest absolute Gasteiger partial charge is 0.167 e. The average Bonchev–Trinajstić information content (AvgIpc) is 2.77. The third-order valence-corrected chi connectivity index (χ3v) is 3.37. The van der Waals surface area contributed by atoms with Crippen molar-refractivity contribution in [3.8, 4) is 0 Å². The molecule has 18 heavy (non-hydrogen) atoms. The van der Waals surface area contributed by atoms with Crippen molar-refractivity contribution < 1.29 is 8.95 Å². The first-order chi connectivity index (χ1) is 8.65. The molecule has 0 radical (unpaired) electrons. The van der Waals surface area contributed by atoms with Gasteiger partial charge in [0, 0.05) is 43.0 Å². The van der Waals surface area contributed by atoms with Crippen LogP contribution < -0.4 is 5.32 Å². The minimum atomic E-state index is -0.765. The highest BCUT2D eigenvalue weighted by Crippen LogP contribution is 2.07. The minimum Gasteiger partial charge on any atom is -0.383 e. The first-order valence-electron chi connectivity index (χ1n) is 5.93. The number of nitrogens with zero attached hydrogens (tertiary/aromatic N) is 4. The molecule has 2 atom stereocenters. The highest BCUT2D eigenvalue weighted by Gasteiger charge is 2.13. The van der Waals surface area contributed by atoms with Crippen LogP contribution in [0.4, 0.5) is 0 Å². The predicted molar refractivity (Wildman–Crippen MR) is 69.7 cm³/mol. The van der Waals surface area contributed by atoms with Gasteiger partial charge in [0.25, 0.3) is 0 Å². The molecule has 8 heteroatoms. The van der Waals surface area contributed by atoms with Crippen LogP contribution >= 0.6 is 0 Å². The van der Waals surface area contributed by atoms with E-state index in [2.05, 4.69) is 20.8 Å². The second-order valence-corrected chi connectivity index (χ2v) is 5.61. The lowest BCUT2D eigenvalue weighted by Crippen LogP contribution is -2.26. The minimum absolute atomic E-state index is 0.0715. The lowest BCUT2D eigenvalue weighted by molar-refractivity contribution is 0.195. The van der Waals surface area contributed by atoms with Crippen LogP contribution in [0.15, 0.2) is 0 Å². The summed E-state index contributed by atoms with van der Waals surface area (Å²) in [6.45, 7) is 4.11. The fourth-order valence-electron chi connectivity index (χ4n) is 1.57. The van der Waals surface area contributed by atoms with Crippen LogP contribution in [0.25, 0.3) is 0 Å². The summed E-state index contributed by atoms with van der Waals surface area (Å²) in [5.41, 5.74) is 0. The fraction of sp³-hybridized carbons (Fsp3) is 0.900. The Kier molecular flexibility index (Phi) is 6.99. The van der Waals surface area contributed by atoms with Gasteiger partial charge in [0.1, 0.15) is 0 Å². The van der Waals surface area contributed by atoms with E-state index in [1.165, 1.54) is 0 Å². The van der Waals surface area contributed by atoms with Gasteiger partial charge in [-0.1, -0.05) is 0 Å². The van der Waals surface area contributed by atoms with E-state index in [1.807, 2.05) is 6.92 Å². The molecule has 0 fully saturated rings. The molecule has 0 spiro atoms. The zero-order valence-corrected chi connectivity index (χ0v) is 11.9. The van der Waals surface area contributed by atoms with Gasteiger partial charge < -0.3 is 10.1 Å². The van der Waals surface area contributed by atoms with Crippen molar-refractivity contribution in [2.24, 2.45) is 0 Å². The number of hydrogen-bond donors (Lipinski definition) is 1. The second kappa shape index (κ2) is 8.28. The van der Waals surface area contributed by atoms with Crippen LogP contribution in [0.5, 0.6) is 0 Å². The Morgan fingerprint density at radius 3 is 3.00 bits per heavy atom. The number of ether oxygens (including phenoxy) is 1. The third kappa shape index (κ3) is 5.19. The van der Waals surface area contributed by atoms with Gasteiger partial charge in [-0.3, -0.25) is 4.21 Å². The highest BCUT2D eigenvalue weighted by molar-refractivity contribution is 7.84. The molecule has 104 valence electrons. The Bertz CT molecular complexity index is 371. The molecule has 0 aliphatic rings. The van der Waals surface area contributed by atoms with Crippen molar-refractivity contribution in [2.75, 3.05) is 32.3 Å². The Morgan fingerprint density at radius 2 is 2.33 bits per heavy atom. The summed E-state index contributed by atoms with van der Waals surface area (Å²) in [6, 6.07) is 0.0715. The van der Waals surface area contributed by atoms with Crippen molar-refractivity contribution in [2.45, 2.75) is 25.9 Å². The Morgan fingerprint density at radius 1 is 1.56 bits per heavy atom. The average molecular weight is 275 g/mol. The number of hydrogen-bond acceptors (Lipinski definition) is 6. The van der Waals surface area contributed by atoms with Crippen LogP contribution in [0, 0.1) is 0 Å². The van der Waals surface area contributed by atoms with E-state index in [-0.39, 0.29) is 6.04 Å². The third-order valence-electron chi connectivity index (χ3n) is 2.51. The van der Waals surface area contributed by atoms with Gasteiger partial charge in [0.2, 0.25) is 0 Å². The molecule has 0 bridgehead atoms. The van der Waals surface area contributed by atoms with Gasteiger partial charge in [-0.25, -0.2) is 4.68 Å². The number of nitrogens with one attached hydrogen (secondary N) is 1. The molecule has 1 aromatic heterocycles. The molecule has 1 rings (SSSR count). The number of aryl methyl sites for hydroxylation is 1. The maximum Gasteiger partial charge on any atom is 0.167 e. The molecule has 0 aromatic carbocycles. The number of rotatable bonds is 9. The molecule has 0 aliphatic carbocycles. The molecule has 0 saturated carbocycles. The quantitative estimate of drug-likeness (QED) is 0.625. The lowest BCUT2D eigenvalue weighted by Gasteiger charge is -2.12. The molecule has 0 amide bonds. The van der Waals surface area contributed by atoms with Gasteiger partial charge in [0.15, 0.2) is 5.82 Å². The first kappa shape index (κ1) is 15.2. The molecule has 0 aliphatic heterocycles. The van der Waals surface area contributed by atoms with E-state index < -0.39 is 10.8 Å². The van der Waals surface area contributed by atoms with Crippen molar-refractivity contribution in [1.82, 2.24) is 25.5 Å². The molecule has 2 unspecified atom stereocenters. The van der Waals surface area contributed by atoms with Gasteiger partial charge in [-0.15, -0.1) is 5.10 Å². The van der Waals surface area contributed by atoms with E-state index >= 15 is 0 Å². The van der Waals surface area contributed by atoms with Crippen LogP contribution in [-0.4, -0.2) is 56.7 Å². The SMILES string of the molecule is COCCNC(C)c1nnnn1CCCS(C)=O. The number of methoxy groups -OCH3 is 1. The molecule has 1 N–H and O–H groups in total. The second-order valence-electron chi connectivity index (χ2n) is 4.06. The molecule has 7 nitrogen and oxygen atoms in total. The van der Waals surface area contributed by atoms with E-state index in [1.54, 1.807) is 18.0 Å². The van der Waals surface area contributed by atoms with Gasteiger partial charge in [0.05, 0.1) is 12.6 Å². The zero-order chi connectivity index (χ0) is 13.4. The summed E-state index contributed by atoms with van der Waals surface area (Å²) in [7, 11) is 0.903. The summed E-state index contributed by atoms with van der Waals surface area (Å²) in [5, 5.41) is 14.9. The predicted octanol–water partition coefficient (Wildman–Crippen LogP) is -0.261. The van der Waals surface area contributed by atoms with Gasteiger partial charge >= 0.3 is 0 Å². The molecule has 1 aromatic rings. The number of aromatic nitrogens is 4. The standard InChI is InChI=1S/C10H21N5O2S/c1-9(11-5-7-17-2)10-12-13-14-15(10)6-4-8-18(3)16/h9,11H,4-8H2,1-3H3. The Labute approximate surface area is 110 Å². The van der Waals surface area contributed by atoms with Crippen molar-refractivity contribution in [3.05, 3.63) is 5.82 Å². The lowest BCUT2D eigenvalue weighted by atomic mass is 10.3. The largest absolute Gasteiger partial charge is 0.383 e. The summed E-state index contributed by atoms with van der Waals surface area (Å²) < 4.78 is 17.7. The van der Waals surface area contributed by atoms with Crippen LogP contribution in [0.1, 0.15) is 25.2 Å². The van der Waals surface area contributed by atoms with E-state index in [4.69, 9.17) is 4.74 Å². The number of tetrazole rings is 1. The Balaban J connectivity index is 2.45. The van der Waals surface area contributed by atoms with Crippen molar-refractivity contribution in [3.63, 3.8) is 0 Å². The maximum atomic E-state index is 11.0. The summed E-state index contributed by atoms with van der Waals surface area (Å²) >= 11 is 0. The summed E-state index contributed by atoms with van der Waals surface area (Å²) in [5.74, 6) is 1.47. The molecular weight excluding hydrogens is 254 g/mol. The van der Waals surface area contributed by atoms with Crippen molar-refractivity contribution >= 4 is 10.8 Å². The monoisotopic (exact) mass is 275 g/mol. The van der Waals surface area contributed by atoms with Crippen LogP contribution in [0.2, 0.25) is 0 Å². The van der Waals surface area contributed by atoms with Gasteiger partial charge in [-0.05, 0) is 23.8 Å². The topological polar surface area (TPSA) is 81.9 Å². The highest BCUT2D eigenvalue weighted by atomic mass is 32.2. The fourth-order valence-corrected chi connectivity index (χ4v) is 2.10. The summed E-state index contributed by atoms with van der Waals surface area (Å²) in [4.78, 5) is 0. The molecule has 0 saturated heterocycles.